The van der Waals surface area contributed by atoms with Crippen molar-refractivity contribution in [3.05, 3.63) is 40.9 Å². The molecule has 0 radical (unpaired) electrons. The lowest BCUT2D eigenvalue weighted by Gasteiger charge is -2.29. The summed E-state index contributed by atoms with van der Waals surface area (Å²) < 4.78 is 0. The molecule has 1 aromatic heterocycles. The fraction of sp³-hybridized carbons (Fsp3) is 0.250. The summed E-state index contributed by atoms with van der Waals surface area (Å²) >= 11 is 1.68. The molecular weight excluding hydrogens is 218 g/mol. The highest BCUT2D eigenvalue weighted by Crippen LogP contribution is 2.28. The molecule has 2 aromatic rings. The maximum absolute atomic E-state index is 6.01. The molecule has 0 saturated carbocycles. The molecule has 0 unspecified atom stereocenters. The molecule has 0 spiro atoms. The topological polar surface area (TPSA) is 42.1 Å². The molecule has 0 bridgehead atoms. The molecule has 2 heterocycles. The van der Waals surface area contributed by atoms with Gasteiger partial charge in [0.15, 0.2) is 5.13 Å². The summed E-state index contributed by atoms with van der Waals surface area (Å²) in [5, 5.41) is 3.10. The first-order valence-corrected chi connectivity index (χ1v) is 6.23. The van der Waals surface area contributed by atoms with Gasteiger partial charge in [-0.05, 0) is 23.6 Å². The first kappa shape index (κ1) is 9.66. The van der Waals surface area contributed by atoms with Gasteiger partial charge in [0, 0.05) is 30.4 Å². The van der Waals surface area contributed by atoms with Gasteiger partial charge in [-0.15, -0.1) is 11.3 Å². The van der Waals surface area contributed by atoms with E-state index < -0.39 is 0 Å². The van der Waals surface area contributed by atoms with Crippen molar-refractivity contribution in [2.75, 3.05) is 17.2 Å². The van der Waals surface area contributed by atoms with Crippen LogP contribution in [-0.4, -0.2) is 11.5 Å². The second kappa shape index (κ2) is 3.79. The smallest absolute Gasteiger partial charge is 0.185 e. The molecule has 0 fully saturated rings. The van der Waals surface area contributed by atoms with Gasteiger partial charge in [-0.3, -0.25) is 0 Å². The Morgan fingerprint density at radius 1 is 1.38 bits per heavy atom. The first-order chi connectivity index (χ1) is 7.84. The Balaban J connectivity index is 1.94. The predicted octanol–water partition coefficient (Wildman–Crippen LogP) is 2.29. The van der Waals surface area contributed by atoms with Crippen molar-refractivity contribution in [1.29, 1.82) is 0 Å². The Labute approximate surface area is 98.5 Å². The summed E-state index contributed by atoms with van der Waals surface area (Å²) in [4.78, 5) is 6.64. The third kappa shape index (κ3) is 1.55. The minimum Gasteiger partial charge on any atom is -0.398 e. The van der Waals surface area contributed by atoms with Crippen LogP contribution in [0.5, 0.6) is 0 Å². The summed E-state index contributed by atoms with van der Waals surface area (Å²) in [5.74, 6) is 0. The van der Waals surface area contributed by atoms with Gasteiger partial charge in [0.25, 0.3) is 0 Å². The van der Waals surface area contributed by atoms with Gasteiger partial charge in [0.05, 0.1) is 0 Å². The molecule has 82 valence electrons. The average molecular weight is 231 g/mol. The number of thiazole rings is 1. The van der Waals surface area contributed by atoms with Crippen LogP contribution in [0.2, 0.25) is 0 Å². The van der Waals surface area contributed by atoms with Crippen molar-refractivity contribution in [1.82, 2.24) is 4.98 Å². The highest BCUT2D eigenvalue weighted by Gasteiger charge is 2.19. The standard InChI is InChI=1S/C12H13N3S/c13-11-3-1-2-9-4-6-15(8-10(9)11)12-14-5-7-16-12/h1-3,5,7H,4,6,8,13H2. The van der Waals surface area contributed by atoms with E-state index in [1.165, 1.54) is 11.1 Å². The van der Waals surface area contributed by atoms with E-state index >= 15 is 0 Å². The molecule has 0 saturated heterocycles. The Kier molecular flexibility index (Phi) is 2.29. The second-order valence-electron chi connectivity index (χ2n) is 3.97. The number of rotatable bonds is 1. The van der Waals surface area contributed by atoms with E-state index in [0.717, 1.165) is 30.3 Å². The molecule has 0 aliphatic carbocycles. The van der Waals surface area contributed by atoms with E-state index in [4.69, 9.17) is 5.73 Å². The summed E-state index contributed by atoms with van der Waals surface area (Å²) in [7, 11) is 0. The Bertz CT molecular complexity index is 493. The Morgan fingerprint density at radius 3 is 3.12 bits per heavy atom. The minimum atomic E-state index is 0.884. The number of nitrogens with zero attached hydrogens (tertiary/aromatic N) is 2. The van der Waals surface area contributed by atoms with Crippen molar-refractivity contribution < 1.29 is 0 Å². The predicted molar refractivity (Wildman–Crippen MR) is 67.7 cm³/mol. The number of fused-ring (bicyclic) bond motifs is 1. The maximum Gasteiger partial charge on any atom is 0.185 e. The van der Waals surface area contributed by atoms with Gasteiger partial charge < -0.3 is 10.6 Å². The zero-order valence-corrected chi connectivity index (χ0v) is 9.70. The largest absolute Gasteiger partial charge is 0.398 e. The molecular formula is C12H13N3S. The van der Waals surface area contributed by atoms with E-state index in [1.54, 1.807) is 11.3 Å². The van der Waals surface area contributed by atoms with E-state index in [9.17, 15) is 0 Å². The monoisotopic (exact) mass is 231 g/mol. The summed E-state index contributed by atoms with van der Waals surface area (Å²) in [5.41, 5.74) is 9.56. The fourth-order valence-corrected chi connectivity index (χ4v) is 2.81. The molecule has 1 aliphatic rings. The Morgan fingerprint density at radius 2 is 2.31 bits per heavy atom. The normalized spacial score (nSPS) is 14.9. The number of anilines is 2. The number of aromatic nitrogens is 1. The lowest BCUT2D eigenvalue weighted by atomic mass is 9.98. The molecule has 3 nitrogen and oxygen atoms in total. The van der Waals surface area contributed by atoms with Crippen LogP contribution in [0.4, 0.5) is 10.8 Å². The summed E-state index contributed by atoms with van der Waals surface area (Å²) in [6.07, 6.45) is 2.91. The first-order valence-electron chi connectivity index (χ1n) is 5.35. The van der Waals surface area contributed by atoms with Crippen LogP contribution in [0.1, 0.15) is 11.1 Å². The Hall–Kier alpha value is -1.55. The van der Waals surface area contributed by atoms with Crippen LogP contribution in [0.3, 0.4) is 0 Å². The third-order valence-electron chi connectivity index (χ3n) is 3.00. The van der Waals surface area contributed by atoms with Crippen molar-refractivity contribution >= 4 is 22.2 Å². The molecule has 0 atom stereocenters. The van der Waals surface area contributed by atoms with Gasteiger partial charge in [-0.2, -0.15) is 0 Å². The number of hydrogen-bond acceptors (Lipinski definition) is 4. The third-order valence-corrected chi connectivity index (χ3v) is 3.83. The molecule has 4 heteroatoms. The molecule has 2 N–H and O–H groups in total. The van der Waals surface area contributed by atoms with Gasteiger partial charge in [-0.25, -0.2) is 4.98 Å². The minimum absolute atomic E-state index is 0.884. The van der Waals surface area contributed by atoms with E-state index in [1.807, 2.05) is 23.7 Å². The van der Waals surface area contributed by atoms with E-state index in [2.05, 4.69) is 16.0 Å². The average Bonchev–Trinajstić information content (AvgIpc) is 2.83. The molecule has 16 heavy (non-hydrogen) atoms. The van der Waals surface area contributed by atoms with Gasteiger partial charge in [-0.1, -0.05) is 12.1 Å². The van der Waals surface area contributed by atoms with Crippen molar-refractivity contribution in [2.45, 2.75) is 13.0 Å². The SMILES string of the molecule is Nc1cccc2c1CN(c1nccs1)CC2. The van der Waals surface area contributed by atoms with Crippen LogP contribution in [0.15, 0.2) is 29.8 Å². The quantitative estimate of drug-likeness (QED) is 0.766. The zero-order chi connectivity index (χ0) is 11.0. The highest BCUT2D eigenvalue weighted by molar-refractivity contribution is 7.13. The zero-order valence-electron chi connectivity index (χ0n) is 8.89. The van der Waals surface area contributed by atoms with Gasteiger partial charge >= 0.3 is 0 Å². The number of hydrogen-bond donors (Lipinski definition) is 1. The van der Waals surface area contributed by atoms with Crippen LogP contribution in [0, 0.1) is 0 Å². The second-order valence-corrected chi connectivity index (χ2v) is 4.84. The maximum atomic E-state index is 6.01. The van der Waals surface area contributed by atoms with E-state index in [-0.39, 0.29) is 0 Å². The number of nitrogen functional groups attached to an aromatic ring is 1. The highest BCUT2D eigenvalue weighted by atomic mass is 32.1. The van der Waals surface area contributed by atoms with Crippen molar-refractivity contribution in [3.63, 3.8) is 0 Å². The summed E-state index contributed by atoms with van der Waals surface area (Å²) in [6, 6.07) is 6.18. The van der Waals surface area contributed by atoms with Crippen LogP contribution >= 0.6 is 11.3 Å². The lowest BCUT2D eigenvalue weighted by Crippen LogP contribution is -2.30. The van der Waals surface area contributed by atoms with Crippen molar-refractivity contribution in [3.8, 4) is 0 Å². The number of benzene rings is 1. The van der Waals surface area contributed by atoms with Crippen LogP contribution in [0.25, 0.3) is 0 Å². The van der Waals surface area contributed by atoms with Crippen molar-refractivity contribution in [2.24, 2.45) is 0 Å². The molecule has 0 amide bonds. The van der Waals surface area contributed by atoms with Crippen LogP contribution < -0.4 is 10.6 Å². The van der Waals surface area contributed by atoms with Gasteiger partial charge in [0.2, 0.25) is 0 Å². The van der Waals surface area contributed by atoms with Gasteiger partial charge in [0.1, 0.15) is 0 Å². The molecule has 1 aromatic carbocycles. The van der Waals surface area contributed by atoms with E-state index in [0.29, 0.717) is 0 Å². The molecule has 3 rings (SSSR count). The van der Waals surface area contributed by atoms with Crippen LogP contribution in [-0.2, 0) is 13.0 Å². The lowest BCUT2D eigenvalue weighted by molar-refractivity contribution is 0.731. The number of nitrogens with two attached hydrogens (primary N) is 1. The molecule has 1 aliphatic heterocycles. The fourth-order valence-electron chi connectivity index (χ4n) is 2.14. The summed E-state index contributed by atoms with van der Waals surface area (Å²) in [6.45, 7) is 1.92.